The number of anilines is 1. The van der Waals surface area contributed by atoms with Gasteiger partial charge in [-0.1, -0.05) is 62.6 Å². The van der Waals surface area contributed by atoms with Gasteiger partial charge in [0.15, 0.2) is 0 Å². The Kier molecular flexibility index (Phi) is 6.67. The number of carbonyl (C=O) groups excluding carboxylic acids is 1. The molecule has 122 valence electrons. The fourth-order valence-electron chi connectivity index (χ4n) is 2.51. The summed E-state index contributed by atoms with van der Waals surface area (Å²) in [5.41, 5.74) is 1.01. The molecular formula is C20H25NO2. The van der Waals surface area contributed by atoms with E-state index in [0.29, 0.717) is 18.8 Å². The molecule has 0 spiro atoms. The second-order valence-corrected chi connectivity index (χ2v) is 5.61. The summed E-state index contributed by atoms with van der Waals surface area (Å²) in [5, 5.41) is 0. The van der Waals surface area contributed by atoms with Crippen molar-refractivity contribution in [1.82, 2.24) is 0 Å². The fraction of sp³-hybridized carbons (Fsp3) is 0.350. The van der Waals surface area contributed by atoms with E-state index in [0.717, 1.165) is 24.2 Å². The zero-order valence-corrected chi connectivity index (χ0v) is 13.8. The van der Waals surface area contributed by atoms with Gasteiger partial charge in [-0.05, 0) is 12.5 Å². The molecule has 2 aromatic rings. The second-order valence-electron chi connectivity index (χ2n) is 5.61. The molecule has 0 saturated heterocycles. The zero-order chi connectivity index (χ0) is 16.5. The molecule has 0 unspecified atom stereocenters. The van der Waals surface area contributed by atoms with E-state index < -0.39 is 0 Å². The highest BCUT2D eigenvalue weighted by Crippen LogP contribution is 2.27. The van der Waals surface area contributed by atoms with Crippen LogP contribution in [0.4, 0.5) is 5.88 Å². The first-order valence-corrected chi connectivity index (χ1v) is 8.32. The molecular weight excluding hydrogens is 286 g/mol. The standard InChI is InChI=1S/C20H25NO2/c1-3-5-6-10-13-19(22)21(16-4-2)20-15-14-18(23-20)17-11-8-7-9-12-17/h4,7-9,11-12,14-15H,2-3,5-6,10,13,16H2,1H3. The lowest BCUT2D eigenvalue weighted by molar-refractivity contribution is -0.118. The van der Waals surface area contributed by atoms with Crippen molar-refractivity contribution in [2.24, 2.45) is 0 Å². The van der Waals surface area contributed by atoms with Crippen LogP contribution in [0.25, 0.3) is 11.3 Å². The van der Waals surface area contributed by atoms with Gasteiger partial charge in [-0.25, -0.2) is 0 Å². The van der Waals surface area contributed by atoms with E-state index in [9.17, 15) is 4.79 Å². The van der Waals surface area contributed by atoms with Crippen LogP contribution in [0.2, 0.25) is 0 Å². The Hall–Kier alpha value is -2.29. The Bertz CT molecular complexity index is 616. The quantitative estimate of drug-likeness (QED) is 0.456. The Morgan fingerprint density at radius 1 is 1.13 bits per heavy atom. The molecule has 3 nitrogen and oxygen atoms in total. The van der Waals surface area contributed by atoms with Crippen molar-refractivity contribution in [3.63, 3.8) is 0 Å². The Balaban J connectivity index is 2.07. The molecule has 0 N–H and O–H groups in total. The van der Waals surface area contributed by atoms with Crippen molar-refractivity contribution in [2.45, 2.75) is 39.0 Å². The number of hydrogen-bond acceptors (Lipinski definition) is 2. The van der Waals surface area contributed by atoms with Gasteiger partial charge in [0.05, 0.1) is 0 Å². The van der Waals surface area contributed by atoms with Crippen LogP contribution in [0.3, 0.4) is 0 Å². The summed E-state index contributed by atoms with van der Waals surface area (Å²) in [7, 11) is 0. The van der Waals surface area contributed by atoms with Gasteiger partial charge in [0.1, 0.15) is 5.76 Å². The number of unbranched alkanes of at least 4 members (excludes halogenated alkanes) is 3. The van der Waals surface area contributed by atoms with Crippen molar-refractivity contribution >= 4 is 11.8 Å². The highest BCUT2D eigenvalue weighted by Gasteiger charge is 2.17. The second kappa shape index (κ2) is 8.99. The molecule has 0 fully saturated rings. The largest absolute Gasteiger partial charge is 0.440 e. The van der Waals surface area contributed by atoms with Crippen LogP contribution in [0.5, 0.6) is 0 Å². The van der Waals surface area contributed by atoms with Crippen molar-refractivity contribution in [3.8, 4) is 11.3 Å². The van der Waals surface area contributed by atoms with Crippen LogP contribution in [-0.4, -0.2) is 12.5 Å². The number of hydrogen-bond donors (Lipinski definition) is 0. The molecule has 0 aliphatic heterocycles. The summed E-state index contributed by atoms with van der Waals surface area (Å²) >= 11 is 0. The van der Waals surface area contributed by atoms with E-state index in [1.54, 1.807) is 11.0 Å². The summed E-state index contributed by atoms with van der Waals surface area (Å²) < 4.78 is 5.89. The van der Waals surface area contributed by atoms with Crippen LogP contribution >= 0.6 is 0 Å². The smallest absolute Gasteiger partial charge is 0.229 e. The van der Waals surface area contributed by atoms with Gasteiger partial charge >= 0.3 is 0 Å². The summed E-state index contributed by atoms with van der Waals surface area (Å²) in [6.45, 7) is 6.38. The minimum atomic E-state index is 0.0926. The van der Waals surface area contributed by atoms with Gasteiger partial charge in [-0.3, -0.25) is 9.69 Å². The molecule has 0 atom stereocenters. The predicted octanol–water partition coefficient (Wildman–Crippen LogP) is 5.44. The van der Waals surface area contributed by atoms with E-state index >= 15 is 0 Å². The van der Waals surface area contributed by atoms with Crippen molar-refractivity contribution in [3.05, 3.63) is 55.1 Å². The van der Waals surface area contributed by atoms with E-state index in [1.807, 2.05) is 42.5 Å². The van der Waals surface area contributed by atoms with Crippen LogP contribution in [0, 0.1) is 0 Å². The van der Waals surface area contributed by atoms with E-state index in [-0.39, 0.29) is 5.91 Å². The number of rotatable bonds is 9. The van der Waals surface area contributed by atoms with Crippen LogP contribution in [0.15, 0.2) is 59.5 Å². The highest BCUT2D eigenvalue weighted by atomic mass is 16.4. The average Bonchev–Trinajstić information content (AvgIpc) is 3.07. The molecule has 1 aromatic carbocycles. The number of furan rings is 1. The van der Waals surface area contributed by atoms with Gasteiger partial charge < -0.3 is 4.42 Å². The maximum atomic E-state index is 12.5. The monoisotopic (exact) mass is 311 g/mol. The SMILES string of the molecule is C=CCN(C(=O)CCCCCC)c1ccc(-c2ccccc2)o1. The molecule has 1 amide bonds. The minimum Gasteiger partial charge on any atom is -0.440 e. The summed E-state index contributed by atoms with van der Waals surface area (Å²) in [5.74, 6) is 1.45. The van der Waals surface area contributed by atoms with Gasteiger partial charge in [0.2, 0.25) is 11.8 Å². The maximum absolute atomic E-state index is 12.5. The third-order valence-corrected chi connectivity index (χ3v) is 3.77. The topological polar surface area (TPSA) is 33.5 Å². The lowest BCUT2D eigenvalue weighted by Crippen LogP contribution is -2.30. The van der Waals surface area contributed by atoms with Gasteiger partial charge in [0, 0.05) is 24.6 Å². The molecule has 0 bridgehead atoms. The van der Waals surface area contributed by atoms with Crippen molar-refractivity contribution < 1.29 is 9.21 Å². The van der Waals surface area contributed by atoms with E-state index in [2.05, 4.69) is 13.5 Å². The normalized spacial score (nSPS) is 10.5. The van der Waals surface area contributed by atoms with Gasteiger partial charge in [0.25, 0.3) is 0 Å². The Morgan fingerprint density at radius 3 is 2.61 bits per heavy atom. The number of nitrogens with zero attached hydrogens (tertiary/aromatic N) is 1. The third kappa shape index (κ3) is 4.85. The van der Waals surface area contributed by atoms with Crippen LogP contribution in [0.1, 0.15) is 39.0 Å². The first-order chi connectivity index (χ1) is 11.3. The zero-order valence-electron chi connectivity index (χ0n) is 13.8. The minimum absolute atomic E-state index is 0.0926. The summed E-state index contributed by atoms with van der Waals surface area (Å²) in [4.78, 5) is 14.1. The fourth-order valence-corrected chi connectivity index (χ4v) is 2.51. The van der Waals surface area contributed by atoms with Crippen LogP contribution < -0.4 is 4.90 Å². The molecule has 0 saturated carbocycles. The lowest BCUT2D eigenvalue weighted by Gasteiger charge is -2.18. The number of benzene rings is 1. The molecule has 0 radical (unpaired) electrons. The summed E-state index contributed by atoms with van der Waals surface area (Å²) in [6, 6.07) is 13.7. The predicted molar refractivity (Wildman–Crippen MR) is 95.5 cm³/mol. The molecule has 2 rings (SSSR count). The van der Waals surface area contributed by atoms with E-state index in [4.69, 9.17) is 4.42 Å². The van der Waals surface area contributed by atoms with Gasteiger partial charge in [-0.15, -0.1) is 6.58 Å². The molecule has 1 aromatic heterocycles. The highest BCUT2D eigenvalue weighted by molar-refractivity contribution is 5.92. The average molecular weight is 311 g/mol. The molecule has 3 heteroatoms. The molecule has 23 heavy (non-hydrogen) atoms. The van der Waals surface area contributed by atoms with Crippen molar-refractivity contribution in [2.75, 3.05) is 11.4 Å². The molecule has 0 aliphatic rings. The number of amides is 1. The molecule has 1 heterocycles. The van der Waals surface area contributed by atoms with Crippen LogP contribution in [-0.2, 0) is 4.79 Å². The molecule has 0 aliphatic carbocycles. The summed E-state index contributed by atoms with van der Waals surface area (Å²) in [6.07, 6.45) is 6.64. The maximum Gasteiger partial charge on any atom is 0.229 e. The lowest BCUT2D eigenvalue weighted by atomic mass is 10.1. The Labute approximate surface area is 138 Å². The third-order valence-electron chi connectivity index (χ3n) is 3.77. The first-order valence-electron chi connectivity index (χ1n) is 8.32. The first kappa shape index (κ1) is 17.1. The van der Waals surface area contributed by atoms with E-state index in [1.165, 1.54) is 12.8 Å². The van der Waals surface area contributed by atoms with Gasteiger partial charge in [-0.2, -0.15) is 0 Å². The number of carbonyl (C=O) groups is 1. The van der Waals surface area contributed by atoms with Crippen molar-refractivity contribution in [1.29, 1.82) is 0 Å². The Morgan fingerprint density at radius 2 is 1.91 bits per heavy atom.